The lowest BCUT2D eigenvalue weighted by molar-refractivity contribution is 0.222. The first-order chi connectivity index (χ1) is 17.3. The van der Waals surface area contributed by atoms with Crippen LogP contribution in [0.15, 0.2) is 27.9 Å². The third-order valence-electron chi connectivity index (χ3n) is 7.27. The van der Waals surface area contributed by atoms with Crippen molar-refractivity contribution < 1.29 is 13.2 Å². The summed E-state index contributed by atoms with van der Waals surface area (Å²) in [6.45, 7) is 6.31. The maximum absolute atomic E-state index is 13.3. The third-order valence-corrected chi connectivity index (χ3v) is 9.17. The molecule has 3 aromatic rings. The summed E-state index contributed by atoms with van der Waals surface area (Å²) < 4.78 is 35.5. The first-order valence-electron chi connectivity index (χ1n) is 12.7. The van der Waals surface area contributed by atoms with Gasteiger partial charge in [0.1, 0.15) is 17.4 Å². The molecule has 1 aliphatic carbocycles. The summed E-state index contributed by atoms with van der Waals surface area (Å²) >= 11 is 0. The van der Waals surface area contributed by atoms with Gasteiger partial charge in [-0.15, -0.1) is 0 Å². The number of aromatic amines is 1. The van der Waals surface area contributed by atoms with Gasteiger partial charge in [0.15, 0.2) is 5.65 Å². The van der Waals surface area contributed by atoms with Crippen LogP contribution in [0.5, 0.6) is 5.75 Å². The van der Waals surface area contributed by atoms with Crippen molar-refractivity contribution in [3.63, 3.8) is 0 Å². The largest absolute Gasteiger partial charge is 0.493 e. The topological polar surface area (TPSA) is 113 Å². The Balaban J connectivity index is 1.55. The van der Waals surface area contributed by atoms with E-state index in [1.54, 1.807) is 16.5 Å². The number of aryl methyl sites for hydroxylation is 1. The lowest BCUT2D eigenvalue weighted by Crippen LogP contribution is -2.47. The van der Waals surface area contributed by atoms with Crippen LogP contribution in [-0.4, -0.2) is 76.8 Å². The van der Waals surface area contributed by atoms with E-state index in [0.717, 1.165) is 31.5 Å². The van der Waals surface area contributed by atoms with Crippen molar-refractivity contribution in [2.45, 2.75) is 56.8 Å². The molecule has 0 unspecified atom stereocenters. The number of piperazine rings is 1. The Morgan fingerprint density at radius 2 is 1.81 bits per heavy atom. The van der Waals surface area contributed by atoms with Crippen LogP contribution < -0.4 is 10.4 Å². The molecule has 0 bridgehead atoms. The van der Waals surface area contributed by atoms with Crippen LogP contribution in [0.2, 0.25) is 0 Å². The van der Waals surface area contributed by atoms with E-state index in [1.807, 2.05) is 20.9 Å². The van der Waals surface area contributed by atoms with E-state index in [2.05, 4.69) is 9.88 Å². The Hall–Kier alpha value is -2.76. The summed E-state index contributed by atoms with van der Waals surface area (Å²) in [6.07, 6.45) is 5.56. The fraction of sp³-hybridized carbons (Fsp3) is 0.560. The van der Waals surface area contributed by atoms with Crippen molar-refractivity contribution in [3.8, 4) is 17.1 Å². The van der Waals surface area contributed by atoms with Gasteiger partial charge in [0.2, 0.25) is 10.0 Å². The molecule has 5 rings (SSSR count). The van der Waals surface area contributed by atoms with Crippen LogP contribution in [0.3, 0.4) is 0 Å². The van der Waals surface area contributed by atoms with Gasteiger partial charge in [0.25, 0.3) is 0 Å². The molecule has 36 heavy (non-hydrogen) atoms. The van der Waals surface area contributed by atoms with Crippen LogP contribution in [-0.2, 0) is 10.0 Å². The highest BCUT2D eigenvalue weighted by molar-refractivity contribution is 7.89. The number of ether oxygens (including phenoxy) is 1. The Morgan fingerprint density at radius 3 is 2.50 bits per heavy atom. The number of aromatic nitrogens is 4. The van der Waals surface area contributed by atoms with E-state index in [0.29, 0.717) is 61.3 Å². The van der Waals surface area contributed by atoms with Crippen molar-refractivity contribution >= 4 is 15.7 Å². The SMILES string of the molecule is CCOc1cc(S(=O)(=O)N2CCN(C)CC2)ccc1-c1nc2c(C)nc(C3CCCCC3)n2c(=O)[nH]1. The Labute approximate surface area is 211 Å². The second-order valence-electron chi connectivity index (χ2n) is 9.74. The molecule has 3 heterocycles. The lowest BCUT2D eigenvalue weighted by Gasteiger charge is -2.31. The highest BCUT2D eigenvalue weighted by atomic mass is 32.2. The molecule has 11 heteroatoms. The second kappa shape index (κ2) is 9.95. The maximum atomic E-state index is 13.3. The first kappa shape index (κ1) is 24.9. The molecular weight excluding hydrogens is 480 g/mol. The monoisotopic (exact) mass is 514 g/mol. The average Bonchev–Trinajstić information content (AvgIpc) is 3.22. The molecule has 0 amide bonds. The molecule has 2 fully saturated rings. The number of imidazole rings is 1. The smallest absolute Gasteiger partial charge is 0.334 e. The van der Waals surface area contributed by atoms with Crippen molar-refractivity contribution in [2.24, 2.45) is 0 Å². The van der Waals surface area contributed by atoms with E-state index in [4.69, 9.17) is 14.7 Å². The number of sulfonamides is 1. The molecular formula is C25H34N6O4S. The molecule has 10 nitrogen and oxygen atoms in total. The van der Waals surface area contributed by atoms with Crippen LogP contribution in [0.25, 0.3) is 17.0 Å². The lowest BCUT2D eigenvalue weighted by atomic mass is 9.89. The molecule has 1 saturated heterocycles. The number of H-pyrrole nitrogens is 1. The minimum absolute atomic E-state index is 0.169. The predicted octanol–water partition coefficient (Wildman–Crippen LogP) is 2.78. The van der Waals surface area contributed by atoms with E-state index in [1.165, 1.54) is 16.8 Å². The van der Waals surface area contributed by atoms with Crippen molar-refractivity contribution in [3.05, 3.63) is 40.2 Å². The minimum atomic E-state index is -3.66. The molecule has 1 N–H and O–H groups in total. The van der Waals surface area contributed by atoms with Gasteiger partial charge in [0, 0.05) is 38.2 Å². The number of benzene rings is 1. The Kier molecular flexibility index (Phi) is 6.88. The van der Waals surface area contributed by atoms with Gasteiger partial charge < -0.3 is 9.64 Å². The highest BCUT2D eigenvalue weighted by Crippen LogP contribution is 2.34. The fourth-order valence-electron chi connectivity index (χ4n) is 5.24. The summed E-state index contributed by atoms with van der Waals surface area (Å²) in [4.78, 5) is 27.9. The molecule has 0 atom stereocenters. The Bertz CT molecular complexity index is 1420. The van der Waals surface area contributed by atoms with Gasteiger partial charge in [-0.3, -0.25) is 4.98 Å². The number of nitrogens with zero attached hydrogens (tertiary/aromatic N) is 5. The van der Waals surface area contributed by atoms with Gasteiger partial charge in [0.05, 0.1) is 22.8 Å². The summed E-state index contributed by atoms with van der Waals surface area (Å²) in [7, 11) is -1.68. The van der Waals surface area contributed by atoms with E-state index >= 15 is 0 Å². The molecule has 1 aliphatic heterocycles. The zero-order valence-electron chi connectivity index (χ0n) is 21.2. The molecule has 194 valence electrons. The number of likely N-dealkylation sites (N-methyl/N-ethyl adjacent to an activating group) is 1. The van der Waals surface area contributed by atoms with Crippen molar-refractivity contribution in [2.75, 3.05) is 39.8 Å². The standard InChI is InChI=1S/C25H34N6O4S/c1-4-35-21-16-19(36(33,34)30-14-12-29(3)13-15-30)10-11-20(21)22-27-23-17(2)26-24(31(23)25(32)28-22)18-8-6-5-7-9-18/h10-11,16,18H,4-9,12-15H2,1-3H3,(H,27,28,32). The highest BCUT2D eigenvalue weighted by Gasteiger charge is 2.29. The van der Waals surface area contributed by atoms with Gasteiger partial charge >= 0.3 is 5.69 Å². The summed E-state index contributed by atoms with van der Waals surface area (Å²) in [6, 6.07) is 4.76. The number of nitrogens with one attached hydrogen (secondary N) is 1. The predicted molar refractivity (Wildman–Crippen MR) is 137 cm³/mol. The Morgan fingerprint density at radius 1 is 1.08 bits per heavy atom. The first-order valence-corrected chi connectivity index (χ1v) is 14.2. The average molecular weight is 515 g/mol. The maximum Gasteiger partial charge on any atom is 0.334 e. The number of hydrogen-bond donors (Lipinski definition) is 1. The number of fused-ring (bicyclic) bond motifs is 1. The quantitative estimate of drug-likeness (QED) is 0.538. The van der Waals surface area contributed by atoms with E-state index in [9.17, 15) is 13.2 Å². The molecule has 0 spiro atoms. The molecule has 2 aliphatic rings. The zero-order valence-corrected chi connectivity index (χ0v) is 22.0. The van der Waals surface area contributed by atoms with Gasteiger partial charge in [-0.2, -0.15) is 4.31 Å². The van der Waals surface area contributed by atoms with Crippen LogP contribution >= 0.6 is 0 Å². The van der Waals surface area contributed by atoms with Gasteiger partial charge in [-0.25, -0.2) is 27.6 Å². The fourth-order valence-corrected chi connectivity index (χ4v) is 6.68. The van der Waals surface area contributed by atoms with Crippen molar-refractivity contribution in [1.29, 1.82) is 0 Å². The normalized spacial score (nSPS) is 18.6. The number of hydrogen-bond acceptors (Lipinski definition) is 7. The second-order valence-corrected chi connectivity index (χ2v) is 11.7. The molecule has 0 radical (unpaired) electrons. The van der Waals surface area contributed by atoms with E-state index < -0.39 is 10.0 Å². The summed E-state index contributed by atoms with van der Waals surface area (Å²) in [5.41, 5.74) is 1.46. The van der Waals surface area contributed by atoms with Gasteiger partial charge in [-0.05, 0) is 45.9 Å². The number of rotatable bonds is 6. The summed E-state index contributed by atoms with van der Waals surface area (Å²) in [5.74, 6) is 1.73. The van der Waals surface area contributed by atoms with Crippen molar-refractivity contribution in [1.82, 2.24) is 28.6 Å². The van der Waals surface area contributed by atoms with Crippen LogP contribution in [0, 0.1) is 6.92 Å². The van der Waals surface area contributed by atoms with Gasteiger partial charge in [-0.1, -0.05) is 19.3 Å². The zero-order chi connectivity index (χ0) is 25.4. The van der Waals surface area contributed by atoms with E-state index in [-0.39, 0.29) is 16.5 Å². The van der Waals surface area contributed by atoms with Crippen LogP contribution in [0.1, 0.15) is 56.5 Å². The molecule has 2 aromatic heterocycles. The summed E-state index contributed by atoms with van der Waals surface area (Å²) in [5, 5.41) is 0. The molecule has 1 saturated carbocycles. The minimum Gasteiger partial charge on any atom is -0.493 e. The third kappa shape index (κ3) is 4.55. The van der Waals surface area contributed by atoms with Crippen LogP contribution in [0.4, 0.5) is 0 Å². The molecule has 1 aromatic carbocycles.